The quantitative estimate of drug-likeness (QED) is 0.834. The Hall–Kier alpha value is -2.60. The fraction of sp³-hybridized carbons (Fsp3) is 0.300. The standard InChI is InChI=1S/C20H22N2O/c1-15-5-8-18(9-6-15)14-20(23)22(12-4-11-21)19-10-7-16(2)17(3)13-19/h5-10,13H,4,12,14H2,1-3H3. The second kappa shape index (κ2) is 7.60. The van der Waals surface area contributed by atoms with Crippen LogP contribution in [0, 0.1) is 32.1 Å². The minimum atomic E-state index is 0.0207. The molecule has 2 rings (SSSR count). The second-order valence-corrected chi connectivity index (χ2v) is 5.88. The van der Waals surface area contributed by atoms with Crippen molar-refractivity contribution in [2.75, 3.05) is 11.4 Å². The van der Waals surface area contributed by atoms with Crippen molar-refractivity contribution >= 4 is 11.6 Å². The molecule has 3 heteroatoms. The Morgan fingerprint density at radius 2 is 1.74 bits per heavy atom. The molecule has 0 aliphatic heterocycles. The van der Waals surface area contributed by atoms with E-state index in [1.807, 2.05) is 63.2 Å². The third-order valence-electron chi connectivity index (χ3n) is 4.03. The van der Waals surface area contributed by atoms with Gasteiger partial charge >= 0.3 is 0 Å². The van der Waals surface area contributed by atoms with Gasteiger partial charge in [-0.3, -0.25) is 4.79 Å². The topological polar surface area (TPSA) is 44.1 Å². The highest BCUT2D eigenvalue weighted by atomic mass is 16.2. The van der Waals surface area contributed by atoms with Crippen LogP contribution in [0.5, 0.6) is 0 Å². The summed E-state index contributed by atoms with van der Waals surface area (Å²) in [6.07, 6.45) is 0.672. The number of nitrogens with zero attached hydrogens (tertiary/aromatic N) is 2. The molecule has 0 aliphatic carbocycles. The Morgan fingerprint density at radius 3 is 2.35 bits per heavy atom. The summed E-state index contributed by atoms with van der Waals surface area (Å²) < 4.78 is 0. The minimum absolute atomic E-state index is 0.0207. The highest BCUT2D eigenvalue weighted by molar-refractivity contribution is 5.94. The first-order valence-corrected chi connectivity index (χ1v) is 7.81. The molecule has 0 unspecified atom stereocenters. The van der Waals surface area contributed by atoms with E-state index in [-0.39, 0.29) is 5.91 Å². The predicted octanol–water partition coefficient (Wildman–Crippen LogP) is 4.10. The maximum atomic E-state index is 12.7. The zero-order valence-corrected chi connectivity index (χ0v) is 14.0. The average molecular weight is 306 g/mol. The summed E-state index contributed by atoms with van der Waals surface area (Å²) in [7, 11) is 0. The van der Waals surface area contributed by atoms with Gasteiger partial charge in [-0.15, -0.1) is 0 Å². The van der Waals surface area contributed by atoms with Crippen molar-refractivity contribution in [3.05, 3.63) is 64.7 Å². The number of hydrogen-bond donors (Lipinski definition) is 0. The monoisotopic (exact) mass is 306 g/mol. The summed E-state index contributed by atoms with van der Waals surface area (Å²) in [6, 6.07) is 16.1. The highest BCUT2D eigenvalue weighted by Crippen LogP contribution is 2.20. The number of carbonyl (C=O) groups is 1. The van der Waals surface area contributed by atoms with Gasteiger partial charge in [0.1, 0.15) is 0 Å². The predicted molar refractivity (Wildman–Crippen MR) is 93.4 cm³/mol. The molecule has 0 aliphatic rings. The molecule has 1 amide bonds. The molecule has 0 heterocycles. The molecular formula is C20H22N2O. The summed E-state index contributed by atoms with van der Waals surface area (Å²) >= 11 is 0. The van der Waals surface area contributed by atoms with Gasteiger partial charge in [0.25, 0.3) is 0 Å². The van der Waals surface area contributed by atoms with E-state index in [0.717, 1.165) is 16.8 Å². The molecule has 23 heavy (non-hydrogen) atoms. The lowest BCUT2D eigenvalue weighted by Gasteiger charge is -2.23. The van der Waals surface area contributed by atoms with Crippen LogP contribution < -0.4 is 4.90 Å². The lowest BCUT2D eigenvalue weighted by molar-refractivity contribution is -0.118. The molecular weight excluding hydrogens is 284 g/mol. The third-order valence-corrected chi connectivity index (χ3v) is 4.03. The van der Waals surface area contributed by atoms with Crippen molar-refractivity contribution in [3.63, 3.8) is 0 Å². The van der Waals surface area contributed by atoms with Gasteiger partial charge in [-0.05, 0) is 49.6 Å². The highest BCUT2D eigenvalue weighted by Gasteiger charge is 2.16. The van der Waals surface area contributed by atoms with Gasteiger partial charge in [0, 0.05) is 12.2 Å². The number of rotatable bonds is 5. The maximum Gasteiger partial charge on any atom is 0.231 e. The average Bonchev–Trinajstić information content (AvgIpc) is 2.53. The number of hydrogen-bond acceptors (Lipinski definition) is 2. The summed E-state index contributed by atoms with van der Waals surface area (Å²) in [5, 5.41) is 8.87. The number of benzene rings is 2. The summed E-state index contributed by atoms with van der Waals surface area (Å²) in [6.45, 7) is 6.53. The van der Waals surface area contributed by atoms with Gasteiger partial charge in [0.15, 0.2) is 0 Å². The lowest BCUT2D eigenvalue weighted by Crippen LogP contribution is -2.33. The van der Waals surface area contributed by atoms with Crippen LogP contribution in [0.3, 0.4) is 0 Å². The first kappa shape index (κ1) is 16.8. The van der Waals surface area contributed by atoms with Crippen molar-refractivity contribution in [1.29, 1.82) is 5.26 Å². The van der Waals surface area contributed by atoms with E-state index in [1.165, 1.54) is 11.1 Å². The van der Waals surface area contributed by atoms with Crippen LogP contribution in [0.1, 0.15) is 28.7 Å². The van der Waals surface area contributed by atoms with Gasteiger partial charge in [0.2, 0.25) is 5.91 Å². The molecule has 0 bridgehead atoms. The molecule has 2 aromatic carbocycles. The van der Waals surface area contributed by atoms with E-state index in [4.69, 9.17) is 5.26 Å². The van der Waals surface area contributed by atoms with Gasteiger partial charge in [0.05, 0.1) is 18.9 Å². The summed E-state index contributed by atoms with van der Waals surface area (Å²) in [5.74, 6) is 0.0207. The van der Waals surface area contributed by atoms with E-state index in [0.29, 0.717) is 19.4 Å². The molecule has 0 spiro atoms. The molecule has 0 N–H and O–H groups in total. The number of anilines is 1. The summed E-state index contributed by atoms with van der Waals surface area (Å²) in [4.78, 5) is 14.4. The molecule has 0 atom stereocenters. The number of carbonyl (C=O) groups excluding carboxylic acids is 1. The number of amides is 1. The Kier molecular flexibility index (Phi) is 5.54. The van der Waals surface area contributed by atoms with E-state index in [2.05, 4.69) is 6.07 Å². The SMILES string of the molecule is Cc1ccc(CC(=O)N(CCC#N)c2ccc(C)c(C)c2)cc1. The van der Waals surface area contributed by atoms with Crippen molar-refractivity contribution in [2.45, 2.75) is 33.6 Å². The summed E-state index contributed by atoms with van der Waals surface area (Å²) in [5.41, 5.74) is 5.37. The molecule has 0 saturated carbocycles. The minimum Gasteiger partial charge on any atom is -0.311 e. The van der Waals surface area contributed by atoms with Gasteiger partial charge in [-0.1, -0.05) is 35.9 Å². The molecule has 118 valence electrons. The first-order valence-electron chi connectivity index (χ1n) is 7.81. The smallest absolute Gasteiger partial charge is 0.231 e. The van der Waals surface area contributed by atoms with Crippen LogP contribution >= 0.6 is 0 Å². The number of nitriles is 1. The Bertz CT molecular complexity index is 726. The van der Waals surface area contributed by atoms with E-state index in [9.17, 15) is 4.79 Å². The van der Waals surface area contributed by atoms with E-state index >= 15 is 0 Å². The fourth-order valence-electron chi connectivity index (χ4n) is 2.43. The van der Waals surface area contributed by atoms with E-state index < -0.39 is 0 Å². The van der Waals surface area contributed by atoms with Crippen molar-refractivity contribution in [3.8, 4) is 6.07 Å². The molecule has 2 aromatic rings. The van der Waals surface area contributed by atoms with Gasteiger partial charge in [-0.2, -0.15) is 5.26 Å². The first-order chi connectivity index (χ1) is 11.0. The van der Waals surface area contributed by atoms with Gasteiger partial charge in [-0.25, -0.2) is 0 Å². The lowest BCUT2D eigenvalue weighted by atomic mass is 10.1. The van der Waals surface area contributed by atoms with Crippen LogP contribution in [-0.2, 0) is 11.2 Å². The molecule has 0 saturated heterocycles. The van der Waals surface area contributed by atoms with Crippen LogP contribution in [0.15, 0.2) is 42.5 Å². The van der Waals surface area contributed by atoms with Crippen LogP contribution in [-0.4, -0.2) is 12.5 Å². The van der Waals surface area contributed by atoms with Crippen LogP contribution in [0.25, 0.3) is 0 Å². The molecule has 0 aromatic heterocycles. The van der Waals surface area contributed by atoms with Gasteiger partial charge < -0.3 is 4.90 Å². The Morgan fingerprint density at radius 1 is 1.04 bits per heavy atom. The van der Waals surface area contributed by atoms with Crippen molar-refractivity contribution in [2.24, 2.45) is 0 Å². The Balaban J connectivity index is 2.22. The maximum absolute atomic E-state index is 12.7. The zero-order valence-electron chi connectivity index (χ0n) is 14.0. The normalized spacial score (nSPS) is 10.2. The van der Waals surface area contributed by atoms with Crippen molar-refractivity contribution in [1.82, 2.24) is 0 Å². The second-order valence-electron chi connectivity index (χ2n) is 5.88. The molecule has 0 radical (unpaired) electrons. The fourth-order valence-corrected chi connectivity index (χ4v) is 2.43. The zero-order chi connectivity index (χ0) is 16.8. The Labute approximate surface area is 138 Å². The molecule has 3 nitrogen and oxygen atoms in total. The van der Waals surface area contributed by atoms with E-state index in [1.54, 1.807) is 4.90 Å². The van der Waals surface area contributed by atoms with Crippen LogP contribution in [0.4, 0.5) is 5.69 Å². The largest absolute Gasteiger partial charge is 0.311 e. The van der Waals surface area contributed by atoms with Crippen LogP contribution in [0.2, 0.25) is 0 Å². The van der Waals surface area contributed by atoms with Crippen molar-refractivity contribution < 1.29 is 4.79 Å². The third kappa shape index (κ3) is 4.43. The molecule has 0 fully saturated rings. The number of aryl methyl sites for hydroxylation is 3.